The molecule has 1 aromatic rings. The number of carbonyl (C=O) groups excluding carboxylic acids is 2. The lowest BCUT2D eigenvalue weighted by Crippen LogP contribution is -2.57. The summed E-state index contributed by atoms with van der Waals surface area (Å²) in [5, 5.41) is 6.84. The highest BCUT2D eigenvalue weighted by Crippen LogP contribution is 2.32. The summed E-state index contributed by atoms with van der Waals surface area (Å²) in [6.45, 7) is 8.56. The minimum atomic E-state index is -0.504. The summed E-state index contributed by atoms with van der Waals surface area (Å²) in [4.78, 5) is 28.6. The van der Waals surface area contributed by atoms with Gasteiger partial charge in [-0.3, -0.25) is 14.8 Å². The van der Waals surface area contributed by atoms with Crippen LogP contribution in [-0.2, 0) is 4.74 Å². The number of nitrogens with one attached hydrogen (secondary N) is 1. The lowest BCUT2D eigenvalue weighted by atomic mass is 10.1. The number of rotatable bonds is 1. The molecular formula is C16H24N4O3. The van der Waals surface area contributed by atoms with Crippen molar-refractivity contribution >= 4 is 12.0 Å². The second-order valence-electron chi connectivity index (χ2n) is 7.42. The zero-order chi connectivity index (χ0) is 16.8. The van der Waals surface area contributed by atoms with Gasteiger partial charge in [0.15, 0.2) is 0 Å². The number of hydrogen-bond acceptors (Lipinski definition) is 4. The average Bonchev–Trinajstić information content (AvgIpc) is 2.98. The van der Waals surface area contributed by atoms with Gasteiger partial charge in [-0.05, 0) is 46.6 Å². The van der Waals surface area contributed by atoms with E-state index in [4.69, 9.17) is 4.74 Å². The highest BCUT2D eigenvalue weighted by Gasteiger charge is 2.45. The van der Waals surface area contributed by atoms with Crippen molar-refractivity contribution in [2.24, 2.45) is 0 Å². The number of amides is 2. The summed E-state index contributed by atoms with van der Waals surface area (Å²) in [7, 11) is 0. The minimum Gasteiger partial charge on any atom is -0.444 e. The first-order valence-corrected chi connectivity index (χ1v) is 8.07. The predicted octanol–water partition coefficient (Wildman–Crippen LogP) is 1.94. The molecule has 0 aromatic carbocycles. The van der Waals surface area contributed by atoms with Crippen LogP contribution in [0.25, 0.3) is 0 Å². The van der Waals surface area contributed by atoms with Crippen molar-refractivity contribution in [3.63, 3.8) is 0 Å². The van der Waals surface area contributed by atoms with Crippen LogP contribution in [0, 0.1) is 6.92 Å². The zero-order valence-corrected chi connectivity index (χ0v) is 14.1. The summed E-state index contributed by atoms with van der Waals surface area (Å²) in [5.41, 5.74) is 0.798. The van der Waals surface area contributed by atoms with E-state index in [9.17, 15) is 9.59 Å². The van der Waals surface area contributed by atoms with Crippen molar-refractivity contribution in [1.29, 1.82) is 0 Å². The number of aromatic amines is 1. The standard InChI is InChI=1S/C16H24N4O3/c1-10-7-13(18-17-10)14(21)19-8-11-5-6-12(9-19)20(11)15(22)23-16(2,3)4/h7,11-12H,5-6,8-9H2,1-4H3,(H,17,18). The van der Waals surface area contributed by atoms with Gasteiger partial charge in [0.25, 0.3) is 5.91 Å². The number of ether oxygens (including phenoxy) is 1. The molecule has 2 unspecified atom stereocenters. The number of aromatic nitrogens is 2. The molecule has 2 aliphatic rings. The third kappa shape index (κ3) is 3.18. The smallest absolute Gasteiger partial charge is 0.410 e. The van der Waals surface area contributed by atoms with E-state index in [-0.39, 0.29) is 24.1 Å². The Morgan fingerprint density at radius 1 is 1.26 bits per heavy atom. The van der Waals surface area contributed by atoms with Gasteiger partial charge in [0.05, 0.1) is 12.1 Å². The van der Waals surface area contributed by atoms with Crippen LogP contribution in [0.4, 0.5) is 4.79 Å². The van der Waals surface area contributed by atoms with Crippen LogP contribution in [0.15, 0.2) is 6.07 Å². The molecule has 1 aromatic heterocycles. The number of likely N-dealkylation sites (tertiary alicyclic amines) is 1. The first-order chi connectivity index (χ1) is 10.7. The minimum absolute atomic E-state index is 0.0348. The Hall–Kier alpha value is -2.05. The Morgan fingerprint density at radius 3 is 2.35 bits per heavy atom. The molecule has 7 nitrogen and oxygen atoms in total. The summed E-state index contributed by atoms with van der Waals surface area (Å²) >= 11 is 0. The molecule has 3 heterocycles. The average molecular weight is 320 g/mol. The Morgan fingerprint density at radius 2 is 1.87 bits per heavy atom. The van der Waals surface area contributed by atoms with Gasteiger partial charge in [0.1, 0.15) is 11.3 Å². The van der Waals surface area contributed by atoms with Crippen LogP contribution in [0.2, 0.25) is 0 Å². The van der Waals surface area contributed by atoms with Crippen molar-refractivity contribution in [3.8, 4) is 0 Å². The lowest BCUT2D eigenvalue weighted by molar-refractivity contribution is -0.00344. The van der Waals surface area contributed by atoms with Crippen molar-refractivity contribution in [1.82, 2.24) is 20.0 Å². The summed E-state index contributed by atoms with van der Waals surface area (Å²) in [5.74, 6) is -0.0740. The maximum Gasteiger partial charge on any atom is 0.410 e. The topological polar surface area (TPSA) is 78.5 Å². The third-order valence-electron chi connectivity index (χ3n) is 4.30. The van der Waals surface area contributed by atoms with Gasteiger partial charge in [-0.25, -0.2) is 4.79 Å². The van der Waals surface area contributed by atoms with Crippen LogP contribution in [0.3, 0.4) is 0 Å². The van der Waals surface area contributed by atoms with Crippen molar-refractivity contribution in [2.75, 3.05) is 13.1 Å². The van der Waals surface area contributed by atoms with E-state index in [1.807, 2.05) is 32.6 Å². The van der Waals surface area contributed by atoms with Crippen LogP contribution in [-0.4, -0.2) is 62.8 Å². The van der Waals surface area contributed by atoms with E-state index in [0.717, 1.165) is 18.5 Å². The van der Waals surface area contributed by atoms with Crippen molar-refractivity contribution in [2.45, 2.75) is 58.2 Å². The molecule has 23 heavy (non-hydrogen) atoms. The molecule has 0 spiro atoms. The molecule has 0 aliphatic carbocycles. The van der Waals surface area contributed by atoms with Crippen molar-refractivity contribution in [3.05, 3.63) is 17.5 Å². The van der Waals surface area contributed by atoms with Gasteiger partial charge in [0, 0.05) is 18.8 Å². The fraction of sp³-hybridized carbons (Fsp3) is 0.688. The second kappa shape index (κ2) is 5.54. The van der Waals surface area contributed by atoms with Crippen molar-refractivity contribution < 1.29 is 14.3 Å². The van der Waals surface area contributed by atoms with Crippen LogP contribution in [0.5, 0.6) is 0 Å². The third-order valence-corrected chi connectivity index (χ3v) is 4.30. The van der Waals surface area contributed by atoms with Gasteiger partial charge < -0.3 is 9.64 Å². The predicted molar refractivity (Wildman–Crippen MR) is 84.1 cm³/mol. The molecule has 0 radical (unpaired) electrons. The Bertz CT molecular complexity index is 605. The Kier molecular flexibility index (Phi) is 3.82. The SMILES string of the molecule is Cc1cc(C(=O)N2CC3CCC(C2)N3C(=O)OC(C)(C)C)n[nH]1. The molecule has 2 saturated heterocycles. The van der Waals surface area contributed by atoms with E-state index in [2.05, 4.69) is 10.2 Å². The molecule has 0 saturated carbocycles. The molecule has 2 amide bonds. The van der Waals surface area contributed by atoms with Crippen LogP contribution >= 0.6 is 0 Å². The van der Waals surface area contributed by atoms with E-state index in [1.165, 1.54) is 0 Å². The van der Waals surface area contributed by atoms with Gasteiger partial charge in [-0.1, -0.05) is 0 Å². The second-order valence-corrected chi connectivity index (χ2v) is 7.42. The maximum absolute atomic E-state index is 12.5. The molecule has 2 aliphatic heterocycles. The number of piperazine rings is 1. The van der Waals surface area contributed by atoms with E-state index < -0.39 is 5.60 Å². The molecule has 1 N–H and O–H groups in total. The lowest BCUT2D eigenvalue weighted by Gasteiger charge is -2.41. The first kappa shape index (κ1) is 15.8. The molecule has 126 valence electrons. The van der Waals surface area contributed by atoms with Crippen LogP contribution in [0.1, 0.15) is 49.8 Å². The highest BCUT2D eigenvalue weighted by molar-refractivity contribution is 5.92. The molecule has 7 heteroatoms. The van der Waals surface area contributed by atoms with Gasteiger partial charge in [-0.15, -0.1) is 0 Å². The monoisotopic (exact) mass is 320 g/mol. The summed E-state index contributed by atoms with van der Waals surface area (Å²) in [6, 6.07) is 1.82. The molecule has 3 rings (SSSR count). The molecule has 2 atom stereocenters. The van der Waals surface area contributed by atoms with Crippen LogP contribution < -0.4 is 0 Å². The van der Waals surface area contributed by atoms with Gasteiger partial charge in [0.2, 0.25) is 0 Å². The zero-order valence-electron chi connectivity index (χ0n) is 14.1. The number of hydrogen-bond donors (Lipinski definition) is 1. The fourth-order valence-corrected chi connectivity index (χ4v) is 3.37. The van der Waals surface area contributed by atoms with Gasteiger partial charge in [-0.2, -0.15) is 5.10 Å². The molecular weight excluding hydrogens is 296 g/mol. The number of nitrogens with zero attached hydrogens (tertiary/aromatic N) is 3. The Labute approximate surface area is 136 Å². The molecule has 2 fully saturated rings. The van der Waals surface area contributed by atoms with Gasteiger partial charge >= 0.3 is 6.09 Å². The molecule has 2 bridgehead atoms. The maximum atomic E-state index is 12.5. The van der Waals surface area contributed by atoms with E-state index in [1.54, 1.807) is 11.0 Å². The van der Waals surface area contributed by atoms with E-state index in [0.29, 0.717) is 18.8 Å². The normalized spacial score (nSPS) is 24.0. The number of aryl methyl sites for hydroxylation is 1. The Balaban J connectivity index is 1.69. The number of fused-ring (bicyclic) bond motifs is 2. The largest absolute Gasteiger partial charge is 0.444 e. The number of carbonyl (C=O) groups is 2. The highest BCUT2D eigenvalue weighted by atomic mass is 16.6. The van der Waals surface area contributed by atoms with E-state index >= 15 is 0 Å². The quantitative estimate of drug-likeness (QED) is 0.858. The summed E-state index contributed by atoms with van der Waals surface area (Å²) < 4.78 is 5.51. The summed E-state index contributed by atoms with van der Waals surface area (Å²) in [6.07, 6.45) is 1.55. The number of H-pyrrole nitrogens is 1. The first-order valence-electron chi connectivity index (χ1n) is 8.07. The fourth-order valence-electron chi connectivity index (χ4n) is 3.37.